The summed E-state index contributed by atoms with van der Waals surface area (Å²) in [5.74, 6) is 0.960. The number of rotatable bonds is 2. The fourth-order valence-electron chi connectivity index (χ4n) is 0.885. The van der Waals surface area contributed by atoms with E-state index in [4.69, 9.17) is 4.74 Å². The van der Waals surface area contributed by atoms with Gasteiger partial charge in [0.1, 0.15) is 5.75 Å². The number of hydrogen-bond donors (Lipinski definition) is 0. The molecule has 1 aromatic carbocycles. The Kier molecular flexibility index (Phi) is 6.69. The van der Waals surface area contributed by atoms with E-state index in [1.54, 1.807) is 0 Å². The van der Waals surface area contributed by atoms with Crippen molar-refractivity contribution >= 4 is 15.9 Å². The molecule has 0 bridgehead atoms. The van der Waals surface area contributed by atoms with E-state index >= 15 is 0 Å². The number of ether oxygens (including phenoxy) is 1. The first-order valence-electron chi connectivity index (χ1n) is 4.63. The van der Waals surface area contributed by atoms with Gasteiger partial charge in [-0.25, -0.2) is 0 Å². The molecular formula is C11H17BrO. The van der Waals surface area contributed by atoms with Gasteiger partial charge in [-0.2, -0.15) is 0 Å². The number of benzene rings is 1. The van der Waals surface area contributed by atoms with E-state index in [9.17, 15) is 0 Å². The van der Waals surface area contributed by atoms with Gasteiger partial charge in [0.15, 0.2) is 0 Å². The molecule has 0 aromatic heterocycles. The maximum Gasteiger partial charge on any atom is 0.123 e. The van der Waals surface area contributed by atoms with Crippen molar-refractivity contribution in [3.63, 3.8) is 0 Å². The van der Waals surface area contributed by atoms with Gasteiger partial charge in [-0.05, 0) is 31.5 Å². The Morgan fingerprint density at radius 2 is 1.92 bits per heavy atom. The van der Waals surface area contributed by atoms with E-state index in [1.807, 2.05) is 45.9 Å². The molecule has 0 radical (unpaired) electrons. The lowest BCUT2D eigenvalue weighted by Gasteiger charge is -2.06. The van der Waals surface area contributed by atoms with Crippen molar-refractivity contribution in [2.75, 3.05) is 6.61 Å². The van der Waals surface area contributed by atoms with Crippen molar-refractivity contribution in [1.82, 2.24) is 0 Å². The molecule has 0 aliphatic rings. The molecule has 0 aliphatic carbocycles. The van der Waals surface area contributed by atoms with Gasteiger partial charge in [-0.3, -0.25) is 0 Å². The maximum absolute atomic E-state index is 5.39. The van der Waals surface area contributed by atoms with Crippen LogP contribution in [-0.2, 0) is 0 Å². The Labute approximate surface area is 89.2 Å². The fourth-order valence-corrected chi connectivity index (χ4v) is 1.23. The predicted octanol–water partition coefficient (Wildman–Crippen LogP) is 4.18. The number of halogens is 1. The highest BCUT2D eigenvalue weighted by Gasteiger charge is 1.97. The summed E-state index contributed by atoms with van der Waals surface area (Å²) >= 11 is 3.39. The monoisotopic (exact) mass is 244 g/mol. The van der Waals surface area contributed by atoms with Crippen LogP contribution in [0.2, 0.25) is 0 Å². The van der Waals surface area contributed by atoms with Gasteiger partial charge in [-0.1, -0.05) is 35.8 Å². The summed E-state index contributed by atoms with van der Waals surface area (Å²) in [5.41, 5.74) is 1.18. The zero-order valence-corrected chi connectivity index (χ0v) is 10.3. The summed E-state index contributed by atoms with van der Waals surface area (Å²) in [5, 5.41) is 0. The molecule has 1 aromatic rings. The van der Waals surface area contributed by atoms with Crippen LogP contribution in [0.3, 0.4) is 0 Å². The SMILES string of the molecule is CC.CCOc1cc(Br)ccc1C. The van der Waals surface area contributed by atoms with Crippen LogP contribution < -0.4 is 4.74 Å². The Morgan fingerprint density at radius 3 is 2.46 bits per heavy atom. The molecule has 74 valence electrons. The van der Waals surface area contributed by atoms with Gasteiger partial charge in [-0.15, -0.1) is 0 Å². The van der Waals surface area contributed by atoms with E-state index in [-0.39, 0.29) is 0 Å². The van der Waals surface area contributed by atoms with Crippen molar-refractivity contribution in [2.24, 2.45) is 0 Å². The van der Waals surface area contributed by atoms with E-state index in [2.05, 4.69) is 15.9 Å². The second kappa shape index (κ2) is 6.96. The first-order valence-corrected chi connectivity index (χ1v) is 5.42. The Bertz CT molecular complexity index is 246. The highest BCUT2D eigenvalue weighted by Crippen LogP contribution is 2.22. The lowest BCUT2D eigenvalue weighted by molar-refractivity contribution is 0.337. The molecule has 0 fully saturated rings. The first kappa shape index (κ1) is 12.5. The molecular weight excluding hydrogens is 228 g/mol. The van der Waals surface area contributed by atoms with Gasteiger partial charge in [0, 0.05) is 4.47 Å². The molecule has 13 heavy (non-hydrogen) atoms. The van der Waals surface area contributed by atoms with Crippen LogP contribution >= 0.6 is 15.9 Å². The molecule has 0 saturated carbocycles. The van der Waals surface area contributed by atoms with Crippen LogP contribution in [0.5, 0.6) is 5.75 Å². The maximum atomic E-state index is 5.39. The van der Waals surface area contributed by atoms with Gasteiger partial charge in [0.25, 0.3) is 0 Å². The van der Waals surface area contributed by atoms with Crippen LogP contribution in [0.25, 0.3) is 0 Å². The summed E-state index contributed by atoms with van der Waals surface area (Å²) < 4.78 is 6.45. The normalized spacial score (nSPS) is 8.69. The molecule has 1 nitrogen and oxygen atoms in total. The summed E-state index contributed by atoms with van der Waals surface area (Å²) in [6, 6.07) is 6.03. The average Bonchev–Trinajstić information content (AvgIpc) is 2.15. The van der Waals surface area contributed by atoms with Crippen molar-refractivity contribution in [2.45, 2.75) is 27.7 Å². The van der Waals surface area contributed by atoms with E-state index in [0.29, 0.717) is 0 Å². The van der Waals surface area contributed by atoms with Crippen molar-refractivity contribution in [3.05, 3.63) is 28.2 Å². The Balaban J connectivity index is 0.000000671. The minimum absolute atomic E-state index is 0.720. The molecule has 0 saturated heterocycles. The third-order valence-corrected chi connectivity index (χ3v) is 1.94. The second-order valence-corrected chi connectivity index (χ2v) is 3.26. The molecule has 0 amide bonds. The second-order valence-electron chi connectivity index (χ2n) is 2.34. The predicted molar refractivity (Wildman–Crippen MR) is 61.4 cm³/mol. The molecule has 0 atom stereocenters. The molecule has 0 unspecified atom stereocenters. The first-order chi connectivity index (χ1) is 6.24. The third kappa shape index (κ3) is 4.32. The van der Waals surface area contributed by atoms with E-state index in [1.165, 1.54) is 5.56 Å². The fraction of sp³-hybridized carbons (Fsp3) is 0.455. The van der Waals surface area contributed by atoms with Crippen molar-refractivity contribution < 1.29 is 4.74 Å². The number of aryl methyl sites for hydroxylation is 1. The average molecular weight is 245 g/mol. The topological polar surface area (TPSA) is 9.23 Å². The van der Waals surface area contributed by atoms with Gasteiger partial charge < -0.3 is 4.74 Å². The van der Waals surface area contributed by atoms with Crippen LogP contribution in [-0.4, -0.2) is 6.61 Å². The standard InChI is InChI=1S/C9H11BrO.C2H6/c1-3-11-9-6-8(10)5-4-7(9)2;1-2/h4-6H,3H2,1-2H3;1-2H3. The summed E-state index contributed by atoms with van der Waals surface area (Å²) in [7, 11) is 0. The molecule has 1 rings (SSSR count). The van der Waals surface area contributed by atoms with Gasteiger partial charge in [0.05, 0.1) is 6.61 Å². The summed E-state index contributed by atoms with van der Waals surface area (Å²) in [6.07, 6.45) is 0. The third-order valence-electron chi connectivity index (χ3n) is 1.45. The summed E-state index contributed by atoms with van der Waals surface area (Å²) in [4.78, 5) is 0. The van der Waals surface area contributed by atoms with E-state index in [0.717, 1.165) is 16.8 Å². The van der Waals surface area contributed by atoms with Crippen molar-refractivity contribution in [3.8, 4) is 5.75 Å². The van der Waals surface area contributed by atoms with Gasteiger partial charge >= 0.3 is 0 Å². The molecule has 0 heterocycles. The molecule has 2 heteroatoms. The largest absolute Gasteiger partial charge is 0.494 e. The Morgan fingerprint density at radius 1 is 1.31 bits per heavy atom. The lowest BCUT2D eigenvalue weighted by atomic mass is 10.2. The molecule has 0 spiro atoms. The molecule has 0 aliphatic heterocycles. The Hall–Kier alpha value is -0.500. The zero-order chi connectivity index (χ0) is 10.3. The van der Waals surface area contributed by atoms with Crippen LogP contribution in [0.1, 0.15) is 26.3 Å². The highest BCUT2D eigenvalue weighted by molar-refractivity contribution is 9.10. The lowest BCUT2D eigenvalue weighted by Crippen LogP contribution is -1.93. The highest BCUT2D eigenvalue weighted by atomic mass is 79.9. The minimum Gasteiger partial charge on any atom is -0.494 e. The van der Waals surface area contributed by atoms with Crippen LogP contribution in [0.4, 0.5) is 0 Å². The molecule has 0 N–H and O–H groups in total. The quantitative estimate of drug-likeness (QED) is 0.759. The summed E-state index contributed by atoms with van der Waals surface area (Å²) in [6.45, 7) is 8.75. The number of hydrogen-bond acceptors (Lipinski definition) is 1. The zero-order valence-electron chi connectivity index (χ0n) is 8.73. The van der Waals surface area contributed by atoms with Crippen LogP contribution in [0.15, 0.2) is 22.7 Å². The smallest absolute Gasteiger partial charge is 0.123 e. The van der Waals surface area contributed by atoms with E-state index < -0.39 is 0 Å². The van der Waals surface area contributed by atoms with Gasteiger partial charge in [0.2, 0.25) is 0 Å². The van der Waals surface area contributed by atoms with Crippen molar-refractivity contribution in [1.29, 1.82) is 0 Å². The minimum atomic E-state index is 0.720. The van der Waals surface area contributed by atoms with Crippen LogP contribution in [0, 0.1) is 6.92 Å².